The molecule has 7 heteroatoms. The highest BCUT2D eigenvalue weighted by Gasteiger charge is 2.46. The van der Waals surface area contributed by atoms with Crippen LogP contribution in [0.3, 0.4) is 0 Å². The predicted molar refractivity (Wildman–Crippen MR) is 132 cm³/mol. The van der Waals surface area contributed by atoms with E-state index in [1.54, 1.807) is 36.3 Å². The van der Waals surface area contributed by atoms with Crippen molar-refractivity contribution in [3.05, 3.63) is 64.7 Å². The summed E-state index contributed by atoms with van der Waals surface area (Å²) in [5.41, 5.74) is 2.01. The SMILES string of the molecule is COc1ccccc1C1/C(=C(\O)c2ccc(OC(C)C)c(C)c2)C(=O)C(=O)N1CCCN(C)C. The zero-order valence-electron chi connectivity index (χ0n) is 20.8. The van der Waals surface area contributed by atoms with Gasteiger partial charge in [-0.25, -0.2) is 0 Å². The molecule has 1 saturated heterocycles. The zero-order valence-corrected chi connectivity index (χ0v) is 20.8. The number of amides is 1. The van der Waals surface area contributed by atoms with Crippen molar-refractivity contribution in [3.8, 4) is 11.5 Å². The molecule has 0 saturated carbocycles. The van der Waals surface area contributed by atoms with Gasteiger partial charge in [0.15, 0.2) is 0 Å². The summed E-state index contributed by atoms with van der Waals surface area (Å²) in [6, 6.07) is 11.8. The van der Waals surface area contributed by atoms with Crippen LogP contribution >= 0.6 is 0 Å². The van der Waals surface area contributed by atoms with E-state index in [0.717, 1.165) is 12.1 Å². The third-order valence-corrected chi connectivity index (χ3v) is 5.79. The number of ether oxygens (including phenoxy) is 2. The van der Waals surface area contributed by atoms with Crippen molar-refractivity contribution in [1.29, 1.82) is 0 Å². The number of aryl methyl sites for hydroxylation is 1. The summed E-state index contributed by atoms with van der Waals surface area (Å²) in [7, 11) is 5.47. The summed E-state index contributed by atoms with van der Waals surface area (Å²) in [6.45, 7) is 6.91. The lowest BCUT2D eigenvalue weighted by atomic mass is 9.94. The summed E-state index contributed by atoms with van der Waals surface area (Å²) in [5.74, 6) is -0.263. The average Bonchev–Trinajstić information content (AvgIpc) is 3.04. The van der Waals surface area contributed by atoms with Gasteiger partial charge in [0.2, 0.25) is 0 Å². The first-order chi connectivity index (χ1) is 16.1. The lowest BCUT2D eigenvalue weighted by Crippen LogP contribution is -2.32. The number of para-hydroxylation sites is 1. The van der Waals surface area contributed by atoms with Gasteiger partial charge in [-0.2, -0.15) is 0 Å². The maximum atomic E-state index is 13.2. The van der Waals surface area contributed by atoms with Gasteiger partial charge in [0.05, 0.1) is 24.8 Å². The maximum absolute atomic E-state index is 13.2. The van der Waals surface area contributed by atoms with Crippen LogP contribution in [0.2, 0.25) is 0 Å². The number of carbonyl (C=O) groups excluding carboxylic acids is 2. The molecule has 1 fully saturated rings. The van der Waals surface area contributed by atoms with E-state index in [4.69, 9.17) is 9.47 Å². The normalized spacial score (nSPS) is 17.6. The molecular weight excluding hydrogens is 432 g/mol. The first-order valence-corrected chi connectivity index (χ1v) is 11.5. The number of methoxy groups -OCH3 is 1. The van der Waals surface area contributed by atoms with Gasteiger partial charge in [-0.3, -0.25) is 9.59 Å². The van der Waals surface area contributed by atoms with Crippen LogP contribution in [0.25, 0.3) is 5.76 Å². The molecule has 0 aromatic heterocycles. The molecule has 1 heterocycles. The molecule has 0 aliphatic carbocycles. The van der Waals surface area contributed by atoms with Crippen molar-refractivity contribution >= 4 is 17.4 Å². The van der Waals surface area contributed by atoms with Crippen LogP contribution in [0.1, 0.15) is 43.0 Å². The van der Waals surface area contributed by atoms with E-state index in [-0.39, 0.29) is 17.4 Å². The van der Waals surface area contributed by atoms with Crippen LogP contribution < -0.4 is 9.47 Å². The van der Waals surface area contributed by atoms with Crippen LogP contribution in [-0.4, -0.2) is 67.0 Å². The summed E-state index contributed by atoms with van der Waals surface area (Å²) in [6.07, 6.45) is 0.697. The molecule has 1 N–H and O–H groups in total. The Hall–Kier alpha value is -3.32. The van der Waals surface area contributed by atoms with Crippen LogP contribution in [-0.2, 0) is 9.59 Å². The Morgan fingerprint density at radius 1 is 1.12 bits per heavy atom. The standard InChI is InChI=1S/C27H34N2O5/c1-17(2)34-21-13-12-19(16-18(21)3)25(30)23-24(20-10-7-8-11-22(20)33-6)29(27(32)26(23)31)15-9-14-28(4)5/h7-8,10-13,16-17,24,30H,9,14-15H2,1-6H3/b25-23+. The van der Waals surface area contributed by atoms with E-state index < -0.39 is 17.7 Å². The molecular formula is C27H34N2O5. The van der Waals surface area contributed by atoms with Crippen LogP contribution in [0, 0.1) is 6.92 Å². The number of ketones is 1. The van der Waals surface area contributed by atoms with Gasteiger partial charge in [0, 0.05) is 17.7 Å². The van der Waals surface area contributed by atoms with Crippen LogP contribution in [0.15, 0.2) is 48.0 Å². The molecule has 2 aromatic rings. The fourth-order valence-electron chi connectivity index (χ4n) is 4.22. The average molecular weight is 467 g/mol. The third-order valence-electron chi connectivity index (χ3n) is 5.79. The minimum Gasteiger partial charge on any atom is -0.507 e. The van der Waals surface area contributed by atoms with E-state index in [1.165, 1.54) is 0 Å². The highest BCUT2D eigenvalue weighted by Crippen LogP contribution is 2.43. The van der Waals surface area contributed by atoms with Gasteiger partial charge in [-0.1, -0.05) is 18.2 Å². The highest BCUT2D eigenvalue weighted by atomic mass is 16.5. The number of hydrogen-bond acceptors (Lipinski definition) is 6. The van der Waals surface area contributed by atoms with E-state index in [1.807, 2.05) is 58.0 Å². The van der Waals surface area contributed by atoms with E-state index in [0.29, 0.717) is 35.6 Å². The van der Waals surface area contributed by atoms with Crippen molar-refractivity contribution in [1.82, 2.24) is 9.80 Å². The minimum atomic E-state index is -0.745. The Morgan fingerprint density at radius 3 is 2.44 bits per heavy atom. The van der Waals surface area contributed by atoms with Crippen molar-refractivity contribution in [2.24, 2.45) is 0 Å². The second-order valence-electron chi connectivity index (χ2n) is 9.04. The Kier molecular flexibility index (Phi) is 7.99. The maximum Gasteiger partial charge on any atom is 0.295 e. The molecule has 1 amide bonds. The number of aliphatic hydroxyl groups is 1. The molecule has 7 nitrogen and oxygen atoms in total. The molecule has 0 bridgehead atoms. The number of benzene rings is 2. The fourth-order valence-corrected chi connectivity index (χ4v) is 4.22. The van der Waals surface area contributed by atoms with Crippen LogP contribution in [0.4, 0.5) is 0 Å². The van der Waals surface area contributed by atoms with Gasteiger partial charge < -0.3 is 24.4 Å². The molecule has 1 aliphatic heterocycles. The number of likely N-dealkylation sites (tertiary alicyclic amines) is 1. The predicted octanol–water partition coefficient (Wildman–Crippen LogP) is 4.16. The molecule has 2 aromatic carbocycles. The Morgan fingerprint density at radius 2 is 1.82 bits per heavy atom. The molecule has 3 rings (SSSR count). The van der Waals surface area contributed by atoms with E-state index >= 15 is 0 Å². The van der Waals surface area contributed by atoms with E-state index in [2.05, 4.69) is 0 Å². The minimum absolute atomic E-state index is 0.0104. The van der Waals surface area contributed by atoms with Crippen molar-refractivity contribution in [3.63, 3.8) is 0 Å². The Bertz CT molecular complexity index is 1090. The van der Waals surface area contributed by atoms with Crippen molar-refractivity contribution in [2.45, 2.75) is 39.3 Å². The van der Waals surface area contributed by atoms with Crippen LogP contribution in [0.5, 0.6) is 11.5 Å². The lowest BCUT2D eigenvalue weighted by molar-refractivity contribution is -0.140. The smallest absolute Gasteiger partial charge is 0.295 e. The molecule has 182 valence electrons. The first kappa shape index (κ1) is 25.3. The Labute approximate surface area is 201 Å². The first-order valence-electron chi connectivity index (χ1n) is 11.5. The van der Waals surface area contributed by atoms with Crippen molar-refractivity contribution < 1.29 is 24.2 Å². The summed E-state index contributed by atoms with van der Waals surface area (Å²) < 4.78 is 11.3. The number of carbonyl (C=O) groups is 2. The zero-order chi connectivity index (χ0) is 25.0. The number of nitrogens with zero attached hydrogens (tertiary/aromatic N) is 2. The molecule has 0 spiro atoms. The number of rotatable bonds is 9. The van der Waals surface area contributed by atoms with Crippen molar-refractivity contribution in [2.75, 3.05) is 34.3 Å². The third kappa shape index (κ3) is 5.25. The monoisotopic (exact) mass is 466 g/mol. The quantitative estimate of drug-likeness (QED) is 0.340. The second-order valence-corrected chi connectivity index (χ2v) is 9.04. The second kappa shape index (κ2) is 10.7. The van der Waals surface area contributed by atoms with Gasteiger partial charge >= 0.3 is 0 Å². The van der Waals surface area contributed by atoms with E-state index in [9.17, 15) is 14.7 Å². The molecule has 1 unspecified atom stereocenters. The summed E-state index contributed by atoms with van der Waals surface area (Å²) >= 11 is 0. The van der Waals surface area contributed by atoms with Gasteiger partial charge in [-0.15, -0.1) is 0 Å². The topological polar surface area (TPSA) is 79.3 Å². The van der Waals surface area contributed by atoms with Gasteiger partial charge in [-0.05, 0) is 77.7 Å². The number of hydrogen-bond donors (Lipinski definition) is 1. The number of aliphatic hydroxyl groups excluding tert-OH is 1. The fraction of sp³-hybridized carbons (Fsp3) is 0.407. The highest BCUT2D eigenvalue weighted by molar-refractivity contribution is 6.46. The van der Waals surface area contributed by atoms with Gasteiger partial charge in [0.25, 0.3) is 11.7 Å². The summed E-state index contributed by atoms with van der Waals surface area (Å²) in [5, 5.41) is 11.3. The molecule has 34 heavy (non-hydrogen) atoms. The molecule has 0 radical (unpaired) electrons. The molecule has 1 aliphatic rings. The Balaban J connectivity index is 2.12. The largest absolute Gasteiger partial charge is 0.507 e. The lowest BCUT2D eigenvalue weighted by Gasteiger charge is -2.27. The molecule has 1 atom stereocenters. The van der Waals surface area contributed by atoms with Gasteiger partial charge in [0.1, 0.15) is 17.3 Å². The number of Topliss-reactive ketones (excluding diaryl/α,β-unsaturated/α-hetero) is 1. The summed E-state index contributed by atoms with van der Waals surface area (Å²) in [4.78, 5) is 29.9.